The highest BCUT2D eigenvalue weighted by molar-refractivity contribution is 5.82. The topological polar surface area (TPSA) is 68.3 Å². The Morgan fingerprint density at radius 3 is 2.24 bits per heavy atom. The van der Waals surface area contributed by atoms with Gasteiger partial charge >= 0.3 is 12.1 Å². The average Bonchev–Trinajstić information content (AvgIpc) is 2.82. The van der Waals surface area contributed by atoms with Crippen molar-refractivity contribution < 1.29 is 37.0 Å². The molecule has 1 aliphatic heterocycles. The zero-order valence-corrected chi connectivity index (χ0v) is 18.3. The van der Waals surface area contributed by atoms with Crippen molar-refractivity contribution in [3.05, 3.63) is 54.1 Å². The molecular formula is C23H25F3N2O5. The first-order valence-electron chi connectivity index (χ1n) is 10.3. The Morgan fingerprint density at radius 2 is 1.64 bits per heavy atom. The van der Waals surface area contributed by atoms with E-state index in [1.165, 1.54) is 25.0 Å². The zero-order chi connectivity index (χ0) is 24.0. The molecule has 0 radical (unpaired) electrons. The second-order valence-corrected chi connectivity index (χ2v) is 7.46. The van der Waals surface area contributed by atoms with Crippen molar-refractivity contribution in [1.82, 2.24) is 4.90 Å². The normalized spacial score (nSPS) is 15.1. The fourth-order valence-corrected chi connectivity index (χ4v) is 3.34. The van der Waals surface area contributed by atoms with E-state index in [2.05, 4.69) is 0 Å². The Hall–Kier alpha value is -3.43. The molecule has 2 aromatic rings. The van der Waals surface area contributed by atoms with E-state index in [1.54, 1.807) is 35.2 Å². The molecule has 1 atom stereocenters. The van der Waals surface area contributed by atoms with Crippen molar-refractivity contribution in [2.24, 2.45) is 0 Å². The number of hydrogen-bond donors (Lipinski definition) is 0. The number of hydrogen-bond acceptors (Lipinski definition) is 6. The first kappa shape index (κ1) is 24.2. The van der Waals surface area contributed by atoms with Gasteiger partial charge in [-0.3, -0.25) is 4.79 Å². The van der Waals surface area contributed by atoms with Crippen LogP contribution in [-0.2, 0) is 20.5 Å². The Labute approximate surface area is 189 Å². The average molecular weight is 466 g/mol. The first-order chi connectivity index (χ1) is 15.7. The number of alkyl halides is 3. The largest absolute Gasteiger partial charge is 0.497 e. The van der Waals surface area contributed by atoms with E-state index < -0.39 is 30.4 Å². The van der Waals surface area contributed by atoms with Gasteiger partial charge in [0.2, 0.25) is 0 Å². The maximum atomic E-state index is 12.9. The maximum absolute atomic E-state index is 12.9. The van der Waals surface area contributed by atoms with Gasteiger partial charge in [0.25, 0.3) is 5.91 Å². The van der Waals surface area contributed by atoms with Crippen LogP contribution in [0.1, 0.15) is 12.5 Å². The summed E-state index contributed by atoms with van der Waals surface area (Å²) in [7, 11) is 1.54. The van der Waals surface area contributed by atoms with Crippen LogP contribution >= 0.6 is 0 Å². The summed E-state index contributed by atoms with van der Waals surface area (Å²) >= 11 is 0. The van der Waals surface area contributed by atoms with Gasteiger partial charge in [-0.05, 0) is 49.4 Å². The van der Waals surface area contributed by atoms with Gasteiger partial charge in [0, 0.05) is 31.9 Å². The number of esters is 1. The molecule has 1 fully saturated rings. The summed E-state index contributed by atoms with van der Waals surface area (Å²) in [4.78, 5) is 27.9. The lowest BCUT2D eigenvalue weighted by Gasteiger charge is -2.36. The smallest absolute Gasteiger partial charge is 0.416 e. The molecular weight excluding hydrogens is 441 g/mol. The fraction of sp³-hybridized carbons (Fsp3) is 0.391. The summed E-state index contributed by atoms with van der Waals surface area (Å²) in [5.41, 5.74) is -0.260. The van der Waals surface area contributed by atoms with E-state index in [4.69, 9.17) is 14.2 Å². The summed E-state index contributed by atoms with van der Waals surface area (Å²) in [6.45, 7) is 2.45. The molecule has 7 nitrogen and oxygen atoms in total. The number of halogens is 3. The number of carbonyl (C=O) groups is 2. The lowest BCUT2D eigenvalue weighted by molar-refractivity contribution is -0.157. The minimum atomic E-state index is -4.41. The summed E-state index contributed by atoms with van der Waals surface area (Å²) < 4.78 is 54.5. The lowest BCUT2D eigenvalue weighted by atomic mass is 10.1. The number of methoxy groups -OCH3 is 1. The SMILES string of the molecule is COc1ccc(OC(C)C(=O)OCC(=O)N2CCN(c3cccc(C(F)(F)F)c3)CC2)cc1. The van der Waals surface area contributed by atoms with Crippen molar-refractivity contribution in [2.45, 2.75) is 19.2 Å². The summed E-state index contributed by atoms with van der Waals surface area (Å²) in [5, 5.41) is 0. The van der Waals surface area contributed by atoms with Crippen molar-refractivity contribution >= 4 is 17.6 Å². The van der Waals surface area contributed by atoms with Crippen molar-refractivity contribution in [3.63, 3.8) is 0 Å². The molecule has 0 saturated carbocycles. The molecule has 0 aromatic heterocycles. The molecule has 1 heterocycles. The minimum absolute atomic E-state index is 0.310. The van der Waals surface area contributed by atoms with E-state index in [9.17, 15) is 22.8 Å². The van der Waals surface area contributed by atoms with Crippen LogP contribution in [0.4, 0.5) is 18.9 Å². The predicted octanol–water partition coefficient (Wildman–Crippen LogP) is 3.37. The van der Waals surface area contributed by atoms with Crippen LogP contribution < -0.4 is 14.4 Å². The van der Waals surface area contributed by atoms with Crippen LogP contribution in [0, 0.1) is 0 Å². The second kappa shape index (κ2) is 10.5. The molecule has 10 heteroatoms. The minimum Gasteiger partial charge on any atom is -0.497 e. The molecule has 178 valence electrons. The van der Waals surface area contributed by atoms with Gasteiger partial charge in [0.15, 0.2) is 12.7 Å². The van der Waals surface area contributed by atoms with Crippen molar-refractivity contribution in [2.75, 3.05) is 44.8 Å². The molecule has 33 heavy (non-hydrogen) atoms. The third-order valence-electron chi connectivity index (χ3n) is 5.21. The molecule has 0 bridgehead atoms. The van der Waals surface area contributed by atoms with Gasteiger partial charge in [0.05, 0.1) is 12.7 Å². The molecule has 3 rings (SSSR count). The number of ether oxygens (including phenoxy) is 3. The Kier molecular flexibility index (Phi) is 7.67. The molecule has 2 aromatic carbocycles. The molecule has 0 spiro atoms. The molecule has 1 aliphatic rings. The third kappa shape index (κ3) is 6.53. The summed E-state index contributed by atoms with van der Waals surface area (Å²) in [6.07, 6.45) is -5.32. The standard InChI is InChI=1S/C23H25F3N2O5/c1-16(33-20-8-6-19(31-2)7-9-20)22(30)32-15-21(29)28-12-10-27(11-13-28)18-5-3-4-17(14-18)23(24,25)26/h3-9,14,16H,10-13,15H2,1-2H3. The van der Waals surface area contributed by atoms with Crippen LogP contribution in [0.25, 0.3) is 0 Å². The first-order valence-corrected chi connectivity index (χ1v) is 10.3. The summed E-state index contributed by atoms with van der Waals surface area (Å²) in [5.74, 6) is 0.0547. The van der Waals surface area contributed by atoms with Crippen LogP contribution in [0.15, 0.2) is 48.5 Å². The second-order valence-electron chi connectivity index (χ2n) is 7.46. The maximum Gasteiger partial charge on any atom is 0.416 e. The lowest BCUT2D eigenvalue weighted by Crippen LogP contribution is -2.50. The molecule has 1 amide bonds. The number of carbonyl (C=O) groups excluding carboxylic acids is 2. The molecule has 0 aliphatic carbocycles. The quantitative estimate of drug-likeness (QED) is 0.583. The zero-order valence-electron chi connectivity index (χ0n) is 18.3. The number of nitrogens with zero attached hydrogens (tertiary/aromatic N) is 2. The number of anilines is 1. The number of benzene rings is 2. The van der Waals surface area contributed by atoms with E-state index >= 15 is 0 Å². The Balaban J connectivity index is 1.44. The van der Waals surface area contributed by atoms with Gasteiger partial charge in [0.1, 0.15) is 11.5 Å². The predicted molar refractivity (Wildman–Crippen MR) is 114 cm³/mol. The van der Waals surface area contributed by atoms with Crippen LogP contribution in [0.2, 0.25) is 0 Å². The van der Waals surface area contributed by atoms with E-state index in [-0.39, 0.29) is 5.91 Å². The highest BCUT2D eigenvalue weighted by Gasteiger charge is 2.31. The highest BCUT2D eigenvalue weighted by Crippen LogP contribution is 2.31. The van der Waals surface area contributed by atoms with Crippen LogP contribution in [0.5, 0.6) is 11.5 Å². The van der Waals surface area contributed by atoms with Crippen molar-refractivity contribution in [1.29, 1.82) is 0 Å². The van der Waals surface area contributed by atoms with Gasteiger partial charge < -0.3 is 24.0 Å². The van der Waals surface area contributed by atoms with E-state index in [0.717, 1.165) is 12.1 Å². The van der Waals surface area contributed by atoms with Crippen molar-refractivity contribution in [3.8, 4) is 11.5 Å². The highest BCUT2D eigenvalue weighted by atomic mass is 19.4. The molecule has 0 N–H and O–H groups in total. The number of rotatable bonds is 7. The number of amides is 1. The number of piperazine rings is 1. The van der Waals surface area contributed by atoms with Crippen LogP contribution in [-0.4, -0.2) is 62.8 Å². The fourth-order valence-electron chi connectivity index (χ4n) is 3.34. The van der Waals surface area contributed by atoms with Gasteiger partial charge in [-0.1, -0.05) is 6.07 Å². The Bertz CT molecular complexity index is 957. The molecule has 1 unspecified atom stereocenters. The van der Waals surface area contributed by atoms with Gasteiger partial charge in [-0.25, -0.2) is 4.79 Å². The van der Waals surface area contributed by atoms with Gasteiger partial charge in [-0.15, -0.1) is 0 Å². The van der Waals surface area contributed by atoms with E-state index in [1.807, 2.05) is 0 Å². The Morgan fingerprint density at radius 1 is 1.00 bits per heavy atom. The summed E-state index contributed by atoms with van der Waals surface area (Å²) in [6, 6.07) is 11.8. The molecule has 1 saturated heterocycles. The third-order valence-corrected chi connectivity index (χ3v) is 5.21. The monoisotopic (exact) mass is 466 g/mol. The van der Waals surface area contributed by atoms with Crippen LogP contribution in [0.3, 0.4) is 0 Å². The van der Waals surface area contributed by atoms with E-state index in [0.29, 0.717) is 43.4 Å². The van der Waals surface area contributed by atoms with Gasteiger partial charge in [-0.2, -0.15) is 13.2 Å².